The molecule has 2 aromatic carbocycles. The Morgan fingerprint density at radius 2 is 1.68 bits per heavy atom. The third-order valence-corrected chi connectivity index (χ3v) is 4.45. The van der Waals surface area contributed by atoms with Crippen LogP contribution in [0.3, 0.4) is 0 Å². The topological polar surface area (TPSA) is 52.6 Å². The lowest BCUT2D eigenvalue weighted by Gasteiger charge is -2.13. The normalized spacial score (nSPS) is 11.3. The first kappa shape index (κ1) is 16.3. The van der Waals surface area contributed by atoms with Crippen LogP contribution in [0.15, 0.2) is 41.3 Å². The average molecular weight is 324 g/mol. The van der Waals surface area contributed by atoms with Gasteiger partial charge < -0.3 is 8.92 Å². The van der Waals surface area contributed by atoms with Crippen molar-refractivity contribution in [1.82, 2.24) is 0 Å². The number of hydrogen-bond acceptors (Lipinski definition) is 4. The highest BCUT2D eigenvalue weighted by atomic mass is 32.2. The van der Waals surface area contributed by atoms with Crippen molar-refractivity contribution in [1.29, 1.82) is 0 Å². The van der Waals surface area contributed by atoms with E-state index in [0.29, 0.717) is 23.5 Å². The fourth-order valence-corrected chi connectivity index (χ4v) is 3.23. The predicted molar refractivity (Wildman–Crippen MR) is 81.3 cm³/mol. The van der Waals surface area contributed by atoms with Gasteiger partial charge in [-0.1, -0.05) is 0 Å². The van der Waals surface area contributed by atoms with Crippen molar-refractivity contribution >= 4 is 10.1 Å². The molecule has 0 aliphatic carbocycles. The summed E-state index contributed by atoms with van der Waals surface area (Å²) in [5.74, 6) is 0.242. The van der Waals surface area contributed by atoms with Crippen molar-refractivity contribution in [3.8, 4) is 11.5 Å². The quantitative estimate of drug-likeness (QED) is 0.789. The summed E-state index contributed by atoms with van der Waals surface area (Å²) in [5, 5.41) is 0. The number of aryl methyl sites for hydroxylation is 2. The average Bonchev–Trinajstić information content (AvgIpc) is 2.45. The van der Waals surface area contributed by atoms with Crippen LogP contribution in [0, 0.1) is 19.7 Å². The van der Waals surface area contributed by atoms with Crippen molar-refractivity contribution in [2.75, 3.05) is 6.61 Å². The molecule has 0 fully saturated rings. The molecule has 22 heavy (non-hydrogen) atoms. The van der Waals surface area contributed by atoms with Crippen LogP contribution < -0.4 is 8.92 Å². The van der Waals surface area contributed by atoms with Crippen LogP contribution in [0.4, 0.5) is 4.39 Å². The summed E-state index contributed by atoms with van der Waals surface area (Å²) in [6.45, 7) is 5.79. The summed E-state index contributed by atoms with van der Waals surface area (Å²) >= 11 is 0. The monoisotopic (exact) mass is 324 g/mol. The molecule has 0 atom stereocenters. The zero-order chi connectivity index (χ0) is 16.3. The highest BCUT2D eigenvalue weighted by molar-refractivity contribution is 7.87. The van der Waals surface area contributed by atoms with E-state index in [9.17, 15) is 12.8 Å². The highest BCUT2D eigenvalue weighted by Gasteiger charge is 2.21. The highest BCUT2D eigenvalue weighted by Crippen LogP contribution is 2.28. The van der Waals surface area contributed by atoms with Gasteiger partial charge in [0.2, 0.25) is 0 Å². The number of ether oxygens (including phenoxy) is 1. The fourth-order valence-electron chi connectivity index (χ4n) is 2.01. The molecule has 0 unspecified atom stereocenters. The van der Waals surface area contributed by atoms with Gasteiger partial charge in [0.25, 0.3) is 0 Å². The molecule has 0 heterocycles. The molecule has 0 spiro atoms. The van der Waals surface area contributed by atoms with Gasteiger partial charge in [0.1, 0.15) is 22.2 Å². The van der Waals surface area contributed by atoms with Crippen LogP contribution in [0.25, 0.3) is 0 Å². The van der Waals surface area contributed by atoms with Crippen molar-refractivity contribution in [2.24, 2.45) is 0 Å². The van der Waals surface area contributed by atoms with Crippen LogP contribution in [-0.4, -0.2) is 15.0 Å². The van der Waals surface area contributed by atoms with E-state index >= 15 is 0 Å². The lowest BCUT2D eigenvalue weighted by molar-refractivity contribution is 0.337. The van der Waals surface area contributed by atoms with Gasteiger partial charge in [0.15, 0.2) is 0 Å². The molecule has 0 amide bonds. The van der Waals surface area contributed by atoms with Gasteiger partial charge in [0, 0.05) is 0 Å². The Balaban J connectivity index is 2.37. The molecule has 2 aromatic rings. The maximum absolute atomic E-state index is 12.9. The molecule has 0 saturated heterocycles. The van der Waals surface area contributed by atoms with Gasteiger partial charge in [-0.3, -0.25) is 0 Å². The zero-order valence-corrected chi connectivity index (χ0v) is 13.4. The first-order chi connectivity index (χ1) is 10.3. The van der Waals surface area contributed by atoms with Gasteiger partial charge in [-0.15, -0.1) is 0 Å². The summed E-state index contributed by atoms with van der Waals surface area (Å²) in [7, 11) is -3.99. The Hall–Kier alpha value is -2.08. The van der Waals surface area contributed by atoms with Crippen LogP contribution in [0.2, 0.25) is 0 Å². The van der Waals surface area contributed by atoms with E-state index in [-0.39, 0.29) is 10.6 Å². The van der Waals surface area contributed by atoms with Gasteiger partial charge in [0.05, 0.1) is 6.61 Å². The zero-order valence-electron chi connectivity index (χ0n) is 12.6. The van der Waals surface area contributed by atoms with Crippen molar-refractivity contribution in [2.45, 2.75) is 25.7 Å². The molecule has 118 valence electrons. The Labute approximate surface area is 129 Å². The van der Waals surface area contributed by atoms with E-state index in [1.54, 1.807) is 19.9 Å². The van der Waals surface area contributed by atoms with E-state index in [2.05, 4.69) is 0 Å². The molecule has 0 aromatic heterocycles. The minimum Gasteiger partial charge on any atom is -0.494 e. The minimum absolute atomic E-state index is 0.0623. The van der Waals surface area contributed by atoms with Crippen LogP contribution >= 0.6 is 0 Å². The predicted octanol–water partition coefficient (Wildman–Crippen LogP) is 3.61. The van der Waals surface area contributed by atoms with Crippen LogP contribution in [0.5, 0.6) is 11.5 Å². The fraction of sp³-hybridized carbons (Fsp3) is 0.250. The van der Waals surface area contributed by atoms with Gasteiger partial charge in [-0.05, 0) is 68.3 Å². The second-order valence-electron chi connectivity index (χ2n) is 4.81. The first-order valence-electron chi connectivity index (χ1n) is 6.77. The molecule has 6 heteroatoms. The van der Waals surface area contributed by atoms with Crippen LogP contribution in [0.1, 0.15) is 18.1 Å². The second-order valence-corrected chi connectivity index (χ2v) is 6.32. The molecular formula is C16H17FO4S. The lowest BCUT2D eigenvalue weighted by Crippen LogP contribution is -2.12. The van der Waals surface area contributed by atoms with Gasteiger partial charge in [-0.25, -0.2) is 4.39 Å². The van der Waals surface area contributed by atoms with E-state index in [1.165, 1.54) is 18.2 Å². The maximum Gasteiger partial charge on any atom is 0.339 e. The standard InChI is InChI=1S/C16H17FO4S/c1-4-20-15-9-12(3)16(10-11(15)2)22(18,19)21-14-7-5-13(17)6-8-14/h5-10H,4H2,1-3H3. The molecule has 0 bridgehead atoms. The van der Waals surface area contributed by atoms with Crippen molar-refractivity contribution in [3.05, 3.63) is 53.3 Å². The SMILES string of the molecule is CCOc1cc(C)c(S(=O)(=O)Oc2ccc(F)cc2)cc1C. The number of rotatable bonds is 5. The molecule has 0 N–H and O–H groups in total. The molecule has 4 nitrogen and oxygen atoms in total. The van der Waals surface area contributed by atoms with Crippen LogP contribution in [-0.2, 0) is 10.1 Å². The Morgan fingerprint density at radius 3 is 2.27 bits per heavy atom. The molecule has 0 aliphatic rings. The van der Waals surface area contributed by atoms with Crippen molar-refractivity contribution in [3.63, 3.8) is 0 Å². The summed E-state index contributed by atoms with van der Waals surface area (Å²) in [6, 6.07) is 7.99. The van der Waals surface area contributed by atoms with E-state index in [0.717, 1.165) is 12.1 Å². The Kier molecular flexibility index (Phi) is 4.71. The lowest BCUT2D eigenvalue weighted by atomic mass is 10.1. The third-order valence-electron chi connectivity index (χ3n) is 3.06. The van der Waals surface area contributed by atoms with E-state index in [1.807, 2.05) is 6.92 Å². The van der Waals surface area contributed by atoms with E-state index < -0.39 is 15.9 Å². The molecule has 2 rings (SSSR count). The molecule has 0 aliphatic heterocycles. The summed E-state index contributed by atoms with van der Waals surface area (Å²) < 4.78 is 48.1. The second kappa shape index (κ2) is 6.36. The Bertz CT molecular complexity index is 767. The number of benzene rings is 2. The molecule has 0 saturated carbocycles. The smallest absolute Gasteiger partial charge is 0.339 e. The minimum atomic E-state index is -3.99. The summed E-state index contributed by atoms with van der Waals surface area (Å²) in [4.78, 5) is 0.0674. The number of halogens is 1. The van der Waals surface area contributed by atoms with E-state index in [4.69, 9.17) is 8.92 Å². The molecule has 0 radical (unpaired) electrons. The number of hydrogen-bond donors (Lipinski definition) is 0. The summed E-state index contributed by atoms with van der Waals surface area (Å²) in [5.41, 5.74) is 1.23. The van der Waals surface area contributed by atoms with Gasteiger partial charge >= 0.3 is 10.1 Å². The Morgan fingerprint density at radius 1 is 1.05 bits per heavy atom. The summed E-state index contributed by atoms with van der Waals surface area (Å²) in [6.07, 6.45) is 0. The molecular weight excluding hydrogens is 307 g/mol. The third kappa shape index (κ3) is 3.57. The van der Waals surface area contributed by atoms with Gasteiger partial charge in [-0.2, -0.15) is 8.42 Å². The largest absolute Gasteiger partial charge is 0.494 e. The maximum atomic E-state index is 12.9. The first-order valence-corrected chi connectivity index (χ1v) is 8.18. The van der Waals surface area contributed by atoms with Crippen molar-refractivity contribution < 1.29 is 21.7 Å².